The first-order valence-corrected chi connectivity index (χ1v) is 7.55. The van der Waals surface area contributed by atoms with Gasteiger partial charge in [0.2, 0.25) is 0 Å². The number of nitrogens with one attached hydrogen (secondary N) is 2. The lowest BCUT2D eigenvalue weighted by Crippen LogP contribution is -2.29. The lowest BCUT2D eigenvalue weighted by Gasteiger charge is -2.15. The lowest BCUT2D eigenvalue weighted by molar-refractivity contribution is 0.406. The molecular formula is C17H25N3O. The topological polar surface area (TPSA) is 49.9 Å². The molecule has 2 N–H and O–H groups in total. The number of aromatic amines is 1. The molecule has 0 spiro atoms. The standard InChI is InChI=1S/C17H25N3O/c1-13(11-15-7-4-5-9-17(15)21-3)18-10-6-8-16-12-19-20-14(16)2/h4-5,7,9,12-13,18H,6,8,10-11H2,1-3H3,(H,19,20). The zero-order valence-corrected chi connectivity index (χ0v) is 13.1. The van der Waals surface area contributed by atoms with Crippen molar-refractivity contribution in [3.63, 3.8) is 0 Å². The van der Waals surface area contributed by atoms with Crippen molar-refractivity contribution in [1.82, 2.24) is 15.5 Å². The van der Waals surface area contributed by atoms with Gasteiger partial charge in [-0.15, -0.1) is 0 Å². The number of nitrogens with zero attached hydrogens (tertiary/aromatic N) is 1. The third kappa shape index (κ3) is 4.60. The van der Waals surface area contributed by atoms with Crippen LogP contribution in [0, 0.1) is 6.92 Å². The van der Waals surface area contributed by atoms with Crippen LogP contribution in [0.5, 0.6) is 5.75 Å². The van der Waals surface area contributed by atoms with Crippen molar-refractivity contribution in [2.45, 2.75) is 39.2 Å². The highest BCUT2D eigenvalue weighted by Gasteiger charge is 2.07. The van der Waals surface area contributed by atoms with Gasteiger partial charge in [0, 0.05) is 11.7 Å². The summed E-state index contributed by atoms with van der Waals surface area (Å²) in [7, 11) is 1.73. The van der Waals surface area contributed by atoms with Crippen molar-refractivity contribution >= 4 is 0 Å². The Morgan fingerprint density at radius 2 is 2.10 bits per heavy atom. The molecule has 1 aromatic heterocycles. The third-order valence-corrected chi connectivity index (χ3v) is 3.77. The molecule has 2 rings (SSSR count). The van der Waals surface area contributed by atoms with E-state index in [1.54, 1.807) is 7.11 Å². The fourth-order valence-corrected chi connectivity index (χ4v) is 2.53. The Kier molecular flexibility index (Phi) is 5.81. The molecule has 2 aromatic rings. The van der Waals surface area contributed by atoms with Gasteiger partial charge >= 0.3 is 0 Å². The van der Waals surface area contributed by atoms with E-state index in [-0.39, 0.29) is 0 Å². The predicted octanol–water partition coefficient (Wildman–Crippen LogP) is 2.88. The van der Waals surface area contributed by atoms with Crippen LogP contribution >= 0.6 is 0 Å². The van der Waals surface area contributed by atoms with Gasteiger partial charge in [-0.3, -0.25) is 5.10 Å². The van der Waals surface area contributed by atoms with E-state index >= 15 is 0 Å². The molecule has 21 heavy (non-hydrogen) atoms. The minimum Gasteiger partial charge on any atom is -0.496 e. The Hall–Kier alpha value is -1.81. The Balaban J connectivity index is 1.72. The van der Waals surface area contributed by atoms with E-state index in [1.165, 1.54) is 16.8 Å². The van der Waals surface area contributed by atoms with E-state index in [9.17, 15) is 0 Å². The summed E-state index contributed by atoms with van der Waals surface area (Å²) in [5.41, 5.74) is 3.75. The molecule has 0 saturated heterocycles. The van der Waals surface area contributed by atoms with E-state index in [0.29, 0.717) is 6.04 Å². The van der Waals surface area contributed by atoms with Gasteiger partial charge in [0.25, 0.3) is 0 Å². The van der Waals surface area contributed by atoms with Gasteiger partial charge < -0.3 is 10.1 Å². The molecule has 1 heterocycles. The number of hydrogen-bond acceptors (Lipinski definition) is 3. The maximum absolute atomic E-state index is 5.40. The van der Waals surface area contributed by atoms with E-state index in [1.807, 2.05) is 18.3 Å². The van der Waals surface area contributed by atoms with Gasteiger partial charge in [-0.2, -0.15) is 5.10 Å². The number of methoxy groups -OCH3 is 1. The first kappa shape index (κ1) is 15.6. The molecule has 0 aliphatic rings. The fourth-order valence-electron chi connectivity index (χ4n) is 2.53. The SMILES string of the molecule is COc1ccccc1CC(C)NCCCc1cn[nH]c1C. The maximum atomic E-state index is 5.40. The summed E-state index contributed by atoms with van der Waals surface area (Å²) >= 11 is 0. The second kappa shape index (κ2) is 7.84. The van der Waals surface area contributed by atoms with Gasteiger partial charge in [0.1, 0.15) is 5.75 Å². The number of para-hydroxylation sites is 1. The number of rotatable bonds is 8. The average Bonchev–Trinajstić information content (AvgIpc) is 2.89. The highest BCUT2D eigenvalue weighted by atomic mass is 16.5. The van der Waals surface area contributed by atoms with Crippen LogP contribution in [0.2, 0.25) is 0 Å². The van der Waals surface area contributed by atoms with Gasteiger partial charge in [0.15, 0.2) is 0 Å². The van der Waals surface area contributed by atoms with Gasteiger partial charge in [0.05, 0.1) is 13.3 Å². The van der Waals surface area contributed by atoms with Crippen molar-refractivity contribution in [1.29, 1.82) is 0 Å². The minimum atomic E-state index is 0.437. The van der Waals surface area contributed by atoms with Gasteiger partial charge in [-0.25, -0.2) is 0 Å². The molecule has 0 bridgehead atoms. The second-order valence-corrected chi connectivity index (χ2v) is 5.49. The summed E-state index contributed by atoms with van der Waals surface area (Å²) in [6.07, 6.45) is 5.09. The van der Waals surface area contributed by atoms with E-state index in [2.05, 4.69) is 41.5 Å². The highest BCUT2D eigenvalue weighted by Crippen LogP contribution is 2.18. The van der Waals surface area contributed by atoms with Crippen LogP contribution in [0.15, 0.2) is 30.5 Å². The van der Waals surface area contributed by atoms with Crippen LogP contribution < -0.4 is 10.1 Å². The number of benzene rings is 1. The first-order valence-electron chi connectivity index (χ1n) is 7.55. The van der Waals surface area contributed by atoms with Crippen molar-refractivity contribution in [2.24, 2.45) is 0 Å². The number of ether oxygens (including phenoxy) is 1. The third-order valence-electron chi connectivity index (χ3n) is 3.77. The first-order chi connectivity index (χ1) is 10.2. The van der Waals surface area contributed by atoms with E-state index in [0.717, 1.165) is 31.6 Å². The van der Waals surface area contributed by atoms with Crippen LogP contribution in [0.3, 0.4) is 0 Å². The van der Waals surface area contributed by atoms with Crippen LogP contribution in [-0.2, 0) is 12.8 Å². The molecule has 4 nitrogen and oxygen atoms in total. The maximum Gasteiger partial charge on any atom is 0.122 e. The molecule has 0 aliphatic heterocycles. The molecular weight excluding hydrogens is 262 g/mol. The lowest BCUT2D eigenvalue weighted by atomic mass is 10.1. The summed E-state index contributed by atoms with van der Waals surface area (Å²) in [6, 6.07) is 8.65. The monoisotopic (exact) mass is 287 g/mol. The Labute approximate surface area is 126 Å². The van der Waals surface area contributed by atoms with Crippen molar-refractivity contribution in [3.8, 4) is 5.75 Å². The van der Waals surface area contributed by atoms with Gasteiger partial charge in [-0.05, 0) is 56.8 Å². The van der Waals surface area contributed by atoms with Crippen molar-refractivity contribution < 1.29 is 4.74 Å². The van der Waals surface area contributed by atoms with Crippen LogP contribution in [0.1, 0.15) is 30.2 Å². The largest absolute Gasteiger partial charge is 0.496 e. The highest BCUT2D eigenvalue weighted by molar-refractivity contribution is 5.33. The Morgan fingerprint density at radius 1 is 1.29 bits per heavy atom. The molecule has 4 heteroatoms. The second-order valence-electron chi connectivity index (χ2n) is 5.49. The average molecular weight is 287 g/mol. The molecule has 0 radical (unpaired) electrons. The smallest absolute Gasteiger partial charge is 0.122 e. The molecule has 0 fully saturated rings. The fraction of sp³-hybridized carbons (Fsp3) is 0.471. The number of aromatic nitrogens is 2. The number of H-pyrrole nitrogens is 1. The molecule has 1 aromatic carbocycles. The predicted molar refractivity (Wildman–Crippen MR) is 85.8 cm³/mol. The number of aryl methyl sites for hydroxylation is 2. The zero-order chi connectivity index (χ0) is 15.1. The molecule has 1 unspecified atom stereocenters. The zero-order valence-electron chi connectivity index (χ0n) is 13.1. The van der Waals surface area contributed by atoms with E-state index < -0.39 is 0 Å². The Bertz CT molecular complexity index is 550. The minimum absolute atomic E-state index is 0.437. The molecule has 1 atom stereocenters. The van der Waals surface area contributed by atoms with Crippen molar-refractivity contribution in [2.75, 3.05) is 13.7 Å². The van der Waals surface area contributed by atoms with Crippen LogP contribution in [0.25, 0.3) is 0 Å². The summed E-state index contributed by atoms with van der Waals surface area (Å²) in [6.45, 7) is 5.30. The molecule has 0 saturated carbocycles. The Morgan fingerprint density at radius 3 is 2.81 bits per heavy atom. The van der Waals surface area contributed by atoms with Gasteiger partial charge in [-0.1, -0.05) is 18.2 Å². The van der Waals surface area contributed by atoms with E-state index in [4.69, 9.17) is 4.74 Å². The quantitative estimate of drug-likeness (QED) is 0.734. The number of hydrogen-bond donors (Lipinski definition) is 2. The molecule has 114 valence electrons. The summed E-state index contributed by atoms with van der Waals surface area (Å²) < 4.78 is 5.40. The molecule has 0 aliphatic carbocycles. The summed E-state index contributed by atoms with van der Waals surface area (Å²) in [5, 5.41) is 10.6. The normalized spacial score (nSPS) is 12.3. The summed E-state index contributed by atoms with van der Waals surface area (Å²) in [5.74, 6) is 0.972. The summed E-state index contributed by atoms with van der Waals surface area (Å²) in [4.78, 5) is 0. The molecule has 0 amide bonds. The van der Waals surface area contributed by atoms with Crippen LogP contribution in [-0.4, -0.2) is 29.9 Å². The van der Waals surface area contributed by atoms with Crippen LogP contribution in [0.4, 0.5) is 0 Å². The van der Waals surface area contributed by atoms with Crippen molar-refractivity contribution in [3.05, 3.63) is 47.3 Å².